The molecule has 2 unspecified atom stereocenters. The Morgan fingerprint density at radius 3 is 3.00 bits per heavy atom. The average molecular weight is 359 g/mol. The Bertz CT molecular complexity index is 1010. The molecule has 1 aliphatic rings. The molecule has 2 N–H and O–H groups in total. The molecule has 3 aromatic rings. The van der Waals surface area contributed by atoms with Crippen molar-refractivity contribution in [3.05, 3.63) is 30.5 Å². The summed E-state index contributed by atoms with van der Waals surface area (Å²) in [7, 11) is -3.22. The van der Waals surface area contributed by atoms with Gasteiger partial charge in [0.05, 0.1) is 23.8 Å². The molecule has 8 heteroatoms. The molecule has 132 valence electrons. The van der Waals surface area contributed by atoms with Crippen LogP contribution in [0.15, 0.2) is 24.8 Å². The minimum absolute atomic E-state index is 0.142. The second kappa shape index (κ2) is 6.34. The summed E-state index contributed by atoms with van der Waals surface area (Å²) < 4.78 is 25.6. The summed E-state index contributed by atoms with van der Waals surface area (Å²) in [5.74, 6) is 0.0512. The Labute approximate surface area is 146 Å². The van der Waals surface area contributed by atoms with Crippen LogP contribution >= 0.6 is 0 Å². The highest BCUT2D eigenvalue weighted by Gasteiger charge is 2.37. The zero-order valence-corrected chi connectivity index (χ0v) is 14.9. The van der Waals surface area contributed by atoms with Crippen molar-refractivity contribution in [3.8, 4) is 0 Å². The van der Waals surface area contributed by atoms with E-state index in [9.17, 15) is 8.42 Å². The molecule has 0 spiro atoms. The molecule has 0 aliphatic carbocycles. The average Bonchev–Trinajstić information content (AvgIpc) is 3.10. The third-order valence-corrected chi connectivity index (χ3v) is 7.10. The van der Waals surface area contributed by atoms with Gasteiger partial charge in [0.15, 0.2) is 15.5 Å². The molecule has 0 radical (unpaired) electrons. The second-order valence-corrected chi connectivity index (χ2v) is 8.75. The Morgan fingerprint density at radius 1 is 1.28 bits per heavy atom. The van der Waals surface area contributed by atoms with Crippen LogP contribution in [0.1, 0.15) is 37.8 Å². The largest absolute Gasteiger partial charge is 0.349 e. The van der Waals surface area contributed by atoms with E-state index in [0.29, 0.717) is 12.1 Å². The third-order valence-electron chi connectivity index (χ3n) is 4.86. The maximum absolute atomic E-state index is 12.8. The van der Waals surface area contributed by atoms with Gasteiger partial charge in [-0.25, -0.2) is 23.4 Å². The Balaban J connectivity index is 1.91. The molecule has 0 amide bonds. The number of nitrogens with one attached hydrogen (secondary N) is 2. The van der Waals surface area contributed by atoms with Crippen LogP contribution in [-0.2, 0) is 9.84 Å². The number of aromatic nitrogens is 4. The molecule has 1 saturated heterocycles. The summed E-state index contributed by atoms with van der Waals surface area (Å²) in [6.45, 7) is 2.62. The lowest BCUT2D eigenvalue weighted by molar-refractivity contribution is 0.408. The van der Waals surface area contributed by atoms with Crippen molar-refractivity contribution in [2.75, 3.05) is 12.3 Å². The van der Waals surface area contributed by atoms with Gasteiger partial charge in [0.1, 0.15) is 5.37 Å². The van der Waals surface area contributed by atoms with Gasteiger partial charge in [-0.15, -0.1) is 0 Å². The second-order valence-electron chi connectivity index (χ2n) is 6.51. The van der Waals surface area contributed by atoms with Crippen molar-refractivity contribution in [2.45, 2.75) is 37.5 Å². The first-order chi connectivity index (χ1) is 12.1. The summed E-state index contributed by atoms with van der Waals surface area (Å²) in [4.78, 5) is 16.2. The normalized spacial score (nSPS) is 21.8. The molecule has 7 nitrogen and oxygen atoms in total. The number of fused-ring (bicyclic) bond motifs is 3. The van der Waals surface area contributed by atoms with Crippen molar-refractivity contribution in [1.29, 1.82) is 0 Å². The summed E-state index contributed by atoms with van der Waals surface area (Å²) in [5, 5.41) is 4.50. The highest BCUT2D eigenvalue weighted by molar-refractivity contribution is 7.92. The quantitative estimate of drug-likeness (QED) is 0.740. The van der Waals surface area contributed by atoms with E-state index >= 15 is 0 Å². The number of aromatic amines is 1. The number of pyridine rings is 1. The van der Waals surface area contributed by atoms with Crippen molar-refractivity contribution >= 4 is 31.8 Å². The van der Waals surface area contributed by atoms with Crippen molar-refractivity contribution in [1.82, 2.24) is 25.3 Å². The maximum atomic E-state index is 12.8. The zero-order valence-electron chi connectivity index (χ0n) is 14.1. The molecule has 1 fully saturated rings. The molecule has 0 aromatic carbocycles. The highest BCUT2D eigenvalue weighted by Crippen LogP contribution is 2.35. The maximum Gasteiger partial charge on any atom is 0.166 e. The number of rotatable bonds is 4. The molecule has 3 aromatic heterocycles. The first-order valence-electron chi connectivity index (χ1n) is 8.63. The monoisotopic (exact) mass is 359 g/mol. The van der Waals surface area contributed by atoms with Gasteiger partial charge >= 0.3 is 0 Å². The summed E-state index contributed by atoms with van der Waals surface area (Å²) >= 11 is 0. The highest BCUT2D eigenvalue weighted by atomic mass is 32.2. The van der Waals surface area contributed by atoms with Gasteiger partial charge in [-0.1, -0.05) is 6.92 Å². The van der Waals surface area contributed by atoms with E-state index in [2.05, 4.69) is 25.3 Å². The number of nitrogens with zero attached hydrogens (tertiary/aromatic N) is 3. The van der Waals surface area contributed by atoms with Crippen LogP contribution in [0.3, 0.4) is 0 Å². The lowest BCUT2D eigenvalue weighted by atomic mass is 9.92. The predicted molar refractivity (Wildman–Crippen MR) is 97.0 cm³/mol. The molecule has 0 bridgehead atoms. The van der Waals surface area contributed by atoms with Crippen molar-refractivity contribution in [2.24, 2.45) is 0 Å². The van der Waals surface area contributed by atoms with E-state index in [1.807, 2.05) is 13.0 Å². The van der Waals surface area contributed by atoms with Crippen LogP contribution in [0.4, 0.5) is 0 Å². The fourth-order valence-corrected chi connectivity index (χ4v) is 5.78. The number of sulfone groups is 1. The molecule has 1 aliphatic heterocycles. The van der Waals surface area contributed by atoms with E-state index in [4.69, 9.17) is 0 Å². The number of hydrogen-bond acceptors (Lipinski definition) is 6. The number of hydrogen-bond donors (Lipinski definition) is 2. The summed E-state index contributed by atoms with van der Waals surface area (Å²) in [6.07, 6.45) is 7.42. The fourth-order valence-electron chi connectivity index (χ4n) is 3.81. The third kappa shape index (κ3) is 2.79. The minimum atomic E-state index is -3.22. The van der Waals surface area contributed by atoms with E-state index in [1.165, 1.54) is 0 Å². The van der Waals surface area contributed by atoms with E-state index in [0.717, 1.165) is 41.4 Å². The molecule has 4 heterocycles. The minimum Gasteiger partial charge on any atom is -0.349 e. The van der Waals surface area contributed by atoms with E-state index in [1.54, 1.807) is 18.7 Å². The Kier molecular flexibility index (Phi) is 4.16. The van der Waals surface area contributed by atoms with Gasteiger partial charge in [-0.3, -0.25) is 0 Å². The van der Waals surface area contributed by atoms with Crippen LogP contribution in [0.2, 0.25) is 0 Å². The summed E-state index contributed by atoms with van der Waals surface area (Å²) in [6, 6.07) is 1.91. The van der Waals surface area contributed by atoms with Gasteiger partial charge in [0.2, 0.25) is 0 Å². The first-order valence-corrected chi connectivity index (χ1v) is 10.3. The van der Waals surface area contributed by atoms with Gasteiger partial charge in [0.25, 0.3) is 0 Å². The van der Waals surface area contributed by atoms with Gasteiger partial charge < -0.3 is 10.3 Å². The summed E-state index contributed by atoms with van der Waals surface area (Å²) in [5.41, 5.74) is 2.32. The van der Waals surface area contributed by atoms with Crippen molar-refractivity contribution < 1.29 is 8.42 Å². The number of piperidine rings is 1. The van der Waals surface area contributed by atoms with E-state index < -0.39 is 15.2 Å². The standard InChI is InChI=1S/C17H21N5O2S/c1-2-8-25(23,24)17-12(4-3-6-19-17)15-14-11-5-7-18-16(11)20-9-13(14)21-10-22-15/h5,7,9-10,12,17,19H,2-4,6,8H2,1H3,(H,21,22). The van der Waals surface area contributed by atoms with Gasteiger partial charge in [-0.05, 0) is 31.9 Å². The van der Waals surface area contributed by atoms with Crippen LogP contribution in [0.5, 0.6) is 0 Å². The van der Waals surface area contributed by atoms with E-state index in [-0.39, 0.29) is 11.7 Å². The molecule has 25 heavy (non-hydrogen) atoms. The van der Waals surface area contributed by atoms with Crippen molar-refractivity contribution in [3.63, 3.8) is 0 Å². The smallest absolute Gasteiger partial charge is 0.166 e. The molecule has 4 rings (SSSR count). The van der Waals surface area contributed by atoms with Crippen LogP contribution in [0, 0.1) is 0 Å². The van der Waals surface area contributed by atoms with Crippen LogP contribution < -0.4 is 5.32 Å². The Hall–Kier alpha value is -2.06. The van der Waals surface area contributed by atoms with Gasteiger partial charge in [-0.2, -0.15) is 0 Å². The topological polar surface area (TPSA) is 101 Å². The molecular weight excluding hydrogens is 338 g/mol. The van der Waals surface area contributed by atoms with Gasteiger partial charge in [0, 0.05) is 28.6 Å². The molecule has 0 saturated carbocycles. The lowest BCUT2D eigenvalue weighted by Gasteiger charge is -2.32. The van der Waals surface area contributed by atoms with Crippen LogP contribution in [-0.4, -0.2) is 46.0 Å². The first kappa shape index (κ1) is 16.4. The number of H-pyrrole nitrogens is 1. The lowest BCUT2D eigenvalue weighted by Crippen LogP contribution is -2.46. The van der Waals surface area contributed by atoms with Crippen LogP contribution in [0.25, 0.3) is 21.9 Å². The Morgan fingerprint density at radius 2 is 2.16 bits per heavy atom. The zero-order chi connectivity index (χ0) is 17.4. The SMILES string of the molecule is CCCS(=O)(=O)C1NCCCC1c1[nH]cnc2cnc3nccc3c12. The molecule has 2 atom stereocenters. The fraction of sp³-hybridized carbons (Fsp3) is 0.471. The molecular formula is C17H21N5O2S. The predicted octanol–water partition coefficient (Wildman–Crippen LogP) is 2.12.